The van der Waals surface area contributed by atoms with Crippen molar-refractivity contribution in [2.75, 3.05) is 34.4 Å². The smallest absolute Gasteiger partial charge is 0.220 e. The van der Waals surface area contributed by atoms with Gasteiger partial charge in [0.15, 0.2) is 0 Å². The van der Waals surface area contributed by atoms with E-state index in [1.165, 1.54) is 0 Å². The van der Waals surface area contributed by atoms with Crippen LogP contribution >= 0.6 is 23.2 Å². The number of hydrogen-bond acceptors (Lipinski definition) is 8. The summed E-state index contributed by atoms with van der Waals surface area (Å²) in [5, 5.41) is 17.2. The fourth-order valence-corrected chi connectivity index (χ4v) is 6.67. The quantitative estimate of drug-likeness (QED) is 0.152. The number of aliphatic hydroxyl groups is 1. The van der Waals surface area contributed by atoms with Crippen LogP contribution in [-0.2, 0) is 17.9 Å². The number of likely N-dealkylation sites (N-methyl/N-ethyl adjacent to an activating group) is 1. The number of nitrogens with zero attached hydrogens (tertiary/aromatic N) is 3. The number of rotatable bonds is 13. The minimum Gasteiger partial charge on any atom is -0.496 e. The summed E-state index contributed by atoms with van der Waals surface area (Å²) < 4.78 is 11.4. The molecule has 0 aliphatic carbocycles. The highest BCUT2D eigenvalue weighted by atomic mass is 35.5. The van der Waals surface area contributed by atoms with Crippen LogP contribution in [-0.4, -0.2) is 72.4 Å². The molecule has 1 fully saturated rings. The zero-order valence-corrected chi connectivity index (χ0v) is 28.9. The number of ether oxygens (including phenoxy) is 2. The van der Waals surface area contributed by atoms with Gasteiger partial charge in [0.25, 0.3) is 0 Å². The van der Waals surface area contributed by atoms with Crippen molar-refractivity contribution >= 4 is 29.1 Å². The maximum absolute atomic E-state index is 11.5. The number of halogens is 2. The number of pyridine rings is 2. The highest BCUT2D eigenvalue weighted by molar-refractivity contribution is 6.39. The van der Waals surface area contributed by atoms with Crippen molar-refractivity contribution < 1.29 is 19.4 Å². The first-order chi connectivity index (χ1) is 22.6. The Morgan fingerprint density at radius 2 is 1.85 bits per heavy atom. The molecule has 11 heteroatoms. The van der Waals surface area contributed by atoms with Gasteiger partial charge in [0, 0.05) is 78.2 Å². The van der Waals surface area contributed by atoms with Crippen LogP contribution in [0.2, 0.25) is 10.0 Å². The average Bonchev–Trinajstić information content (AvgIpc) is 3.46. The van der Waals surface area contributed by atoms with Crippen molar-refractivity contribution in [3.63, 3.8) is 0 Å². The van der Waals surface area contributed by atoms with Crippen LogP contribution < -0.4 is 20.1 Å². The predicted molar refractivity (Wildman–Crippen MR) is 187 cm³/mol. The summed E-state index contributed by atoms with van der Waals surface area (Å²) in [6, 6.07) is 15.7. The molecule has 2 aromatic heterocycles. The molecule has 2 aromatic carbocycles. The molecule has 1 amide bonds. The SMILES string of the molecule is COc1cc(-c2nccc(-c3cccc(-c4ccc(CNC[C@H]5CCC(=O)N5)c(OC)n4)c3Cl)c2Cl)cc(C)c1CN(C)C[C@H](C)O. The summed E-state index contributed by atoms with van der Waals surface area (Å²) in [5.74, 6) is 1.33. The van der Waals surface area contributed by atoms with E-state index in [2.05, 4.69) is 26.6 Å². The third kappa shape index (κ3) is 8.05. The summed E-state index contributed by atoms with van der Waals surface area (Å²) in [4.78, 5) is 23.0. The minimum atomic E-state index is -0.431. The first kappa shape index (κ1) is 34.6. The second kappa shape index (κ2) is 15.4. The molecule has 0 saturated carbocycles. The lowest BCUT2D eigenvalue weighted by Crippen LogP contribution is -2.35. The number of carbonyl (C=O) groups excluding carboxylic acids is 1. The molecular formula is C36H41Cl2N5O4. The molecule has 0 spiro atoms. The number of hydrogen-bond donors (Lipinski definition) is 3. The number of aryl methyl sites for hydroxylation is 1. The molecule has 5 rings (SSSR count). The molecule has 0 bridgehead atoms. The second-order valence-electron chi connectivity index (χ2n) is 12.0. The van der Waals surface area contributed by atoms with Crippen molar-refractivity contribution in [3.8, 4) is 45.3 Å². The van der Waals surface area contributed by atoms with E-state index in [4.69, 9.17) is 37.7 Å². The highest BCUT2D eigenvalue weighted by Crippen LogP contribution is 2.42. The van der Waals surface area contributed by atoms with Crippen LogP contribution in [0.1, 0.15) is 36.5 Å². The first-order valence-electron chi connectivity index (χ1n) is 15.6. The Labute approximate surface area is 286 Å². The van der Waals surface area contributed by atoms with E-state index in [1.54, 1.807) is 27.3 Å². The summed E-state index contributed by atoms with van der Waals surface area (Å²) in [5.41, 5.74) is 7.32. The lowest BCUT2D eigenvalue weighted by molar-refractivity contribution is -0.119. The van der Waals surface area contributed by atoms with Crippen molar-refractivity contribution in [1.82, 2.24) is 25.5 Å². The third-order valence-electron chi connectivity index (χ3n) is 8.31. The lowest BCUT2D eigenvalue weighted by atomic mass is 9.97. The summed E-state index contributed by atoms with van der Waals surface area (Å²) in [7, 11) is 5.22. The van der Waals surface area contributed by atoms with Gasteiger partial charge in [-0.2, -0.15) is 0 Å². The Balaban J connectivity index is 1.42. The second-order valence-corrected chi connectivity index (χ2v) is 12.8. The van der Waals surface area contributed by atoms with Gasteiger partial charge in [0.1, 0.15) is 5.75 Å². The van der Waals surface area contributed by atoms with Crippen LogP contribution in [0.5, 0.6) is 11.6 Å². The monoisotopic (exact) mass is 677 g/mol. The van der Waals surface area contributed by atoms with E-state index in [-0.39, 0.29) is 11.9 Å². The molecular weight excluding hydrogens is 637 g/mol. The van der Waals surface area contributed by atoms with Gasteiger partial charge < -0.3 is 25.2 Å². The summed E-state index contributed by atoms with van der Waals surface area (Å²) in [6.07, 6.45) is 2.71. The molecule has 4 aromatic rings. The molecule has 2 atom stereocenters. The molecule has 1 saturated heterocycles. The van der Waals surface area contributed by atoms with Crippen molar-refractivity contribution in [1.29, 1.82) is 0 Å². The van der Waals surface area contributed by atoms with Crippen LogP contribution in [0, 0.1) is 6.92 Å². The van der Waals surface area contributed by atoms with E-state index in [0.717, 1.165) is 51.1 Å². The molecule has 1 aliphatic rings. The van der Waals surface area contributed by atoms with Gasteiger partial charge in [0.2, 0.25) is 11.8 Å². The lowest BCUT2D eigenvalue weighted by Gasteiger charge is -2.22. The van der Waals surface area contributed by atoms with E-state index in [9.17, 15) is 9.90 Å². The predicted octanol–water partition coefficient (Wildman–Crippen LogP) is 6.29. The van der Waals surface area contributed by atoms with E-state index in [0.29, 0.717) is 59.9 Å². The molecule has 0 unspecified atom stereocenters. The van der Waals surface area contributed by atoms with E-state index >= 15 is 0 Å². The Kier molecular flexibility index (Phi) is 11.4. The fraction of sp³-hybridized carbons (Fsp3) is 0.361. The molecule has 1 aliphatic heterocycles. The highest BCUT2D eigenvalue weighted by Gasteiger charge is 2.22. The van der Waals surface area contributed by atoms with Gasteiger partial charge in [-0.3, -0.25) is 14.7 Å². The minimum absolute atomic E-state index is 0.0990. The first-order valence-corrected chi connectivity index (χ1v) is 16.4. The number of aromatic nitrogens is 2. The number of aliphatic hydroxyl groups excluding tert-OH is 1. The van der Waals surface area contributed by atoms with Gasteiger partial charge in [-0.05, 0) is 57.1 Å². The van der Waals surface area contributed by atoms with Crippen molar-refractivity contribution in [2.24, 2.45) is 0 Å². The molecule has 47 heavy (non-hydrogen) atoms. The van der Waals surface area contributed by atoms with Gasteiger partial charge in [-0.1, -0.05) is 47.5 Å². The van der Waals surface area contributed by atoms with Crippen molar-refractivity contribution in [2.45, 2.75) is 51.9 Å². The number of amides is 1. The zero-order valence-electron chi connectivity index (χ0n) is 27.4. The number of carbonyl (C=O) groups is 1. The van der Waals surface area contributed by atoms with Gasteiger partial charge in [0.05, 0.1) is 41.8 Å². The summed E-state index contributed by atoms with van der Waals surface area (Å²) in [6.45, 7) is 6.21. The van der Waals surface area contributed by atoms with Gasteiger partial charge >= 0.3 is 0 Å². The van der Waals surface area contributed by atoms with Crippen molar-refractivity contribution in [3.05, 3.63) is 81.5 Å². The van der Waals surface area contributed by atoms with E-state index < -0.39 is 6.10 Å². The standard InChI is InChI=1S/C36H41Cl2N5O4/c1-21-15-24(16-31(46-4)29(21)20-43(3)19-22(2)44)35-34(38)27(13-14-40-35)26-7-6-8-28(33(26)37)30-11-9-23(36(42-30)47-5)17-39-18-25-10-12-32(45)41-25/h6-9,11,13-16,22,25,39,44H,10,12,17-20H2,1-5H3,(H,41,45)/t22-,25+/m0/s1. The number of nitrogens with one attached hydrogen (secondary N) is 2. The summed E-state index contributed by atoms with van der Waals surface area (Å²) >= 11 is 14.2. The molecule has 0 radical (unpaired) electrons. The average molecular weight is 679 g/mol. The Morgan fingerprint density at radius 3 is 2.55 bits per heavy atom. The maximum Gasteiger partial charge on any atom is 0.220 e. The fourth-order valence-electron chi connectivity index (χ4n) is 6.02. The molecule has 9 nitrogen and oxygen atoms in total. The largest absolute Gasteiger partial charge is 0.496 e. The topological polar surface area (TPSA) is 109 Å². The van der Waals surface area contributed by atoms with Crippen LogP contribution in [0.4, 0.5) is 0 Å². The number of benzene rings is 2. The normalized spacial score (nSPS) is 15.2. The van der Waals surface area contributed by atoms with Crippen LogP contribution in [0.3, 0.4) is 0 Å². The Morgan fingerprint density at radius 1 is 1.09 bits per heavy atom. The third-order valence-corrected chi connectivity index (χ3v) is 9.10. The van der Waals surface area contributed by atoms with Gasteiger partial charge in [-0.15, -0.1) is 0 Å². The molecule has 3 heterocycles. The van der Waals surface area contributed by atoms with Crippen LogP contribution in [0.15, 0.2) is 54.7 Å². The maximum atomic E-state index is 11.5. The number of methoxy groups -OCH3 is 2. The molecule has 3 N–H and O–H groups in total. The van der Waals surface area contributed by atoms with E-state index in [1.807, 2.05) is 56.4 Å². The Bertz CT molecular complexity index is 1750. The Hall–Kier alpha value is -3.73. The molecule has 248 valence electrons. The van der Waals surface area contributed by atoms with Crippen LogP contribution in [0.25, 0.3) is 33.6 Å². The van der Waals surface area contributed by atoms with Gasteiger partial charge in [-0.25, -0.2) is 4.98 Å². The zero-order chi connectivity index (χ0) is 33.7.